The van der Waals surface area contributed by atoms with E-state index in [0.717, 1.165) is 18.7 Å². The van der Waals surface area contributed by atoms with Gasteiger partial charge in [0.2, 0.25) is 11.8 Å². The molecule has 0 aromatic carbocycles. The minimum absolute atomic E-state index is 0. The second kappa shape index (κ2) is 6.15. The quantitative estimate of drug-likeness (QED) is 0.840. The van der Waals surface area contributed by atoms with Gasteiger partial charge in [0, 0.05) is 5.92 Å². The Balaban J connectivity index is 0.00000162. The SMILES string of the molecule is CC(C)C(NC(=O)CN)c1nc(C2CC2)no1.Cl. The van der Waals surface area contributed by atoms with E-state index in [2.05, 4.69) is 15.5 Å². The minimum atomic E-state index is -0.258. The van der Waals surface area contributed by atoms with Crippen LogP contribution in [0.3, 0.4) is 0 Å². The number of nitrogens with one attached hydrogen (secondary N) is 1. The van der Waals surface area contributed by atoms with E-state index in [4.69, 9.17) is 10.3 Å². The zero-order valence-electron chi connectivity index (χ0n) is 10.5. The largest absolute Gasteiger partial charge is 0.343 e. The Bertz CT molecular complexity index is 404. The van der Waals surface area contributed by atoms with Gasteiger partial charge in [-0.1, -0.05) is 19.0 Å². The van der Waals surface area contributed by atoms with Crippen molar-refractivity contribution < 1.29 is 9.32 Å². The number of halogens is 1. The van der Waals surface area contributed by atoms with Crippen LogP contribution in [0.15, 0.2) is 4.52 Å². The molecule has 1 fully saturated rings. The maximum atomic E-state index is 11.3. The fourth-order valence-corrected chi connectivity index (χ4v) is 1.63. The summed E-state index contributed by atoms with van der Waals surface area (Å²) in [5, 5.41) is 6.74. The first-order chi connectivity index (χ1) is 8.11. The molecular weight excluding hydrogens is 256 g/mol. The van der Waals surface area contributed by atoms with Crippen molar-refractivity contribution in [1.29, 1.82) is 0 Å². The molecule has 1 aliphatic rings. The molecule has 6 nitrogen and oxygen atoms in total. The van der Waals surface area contributed by atoms with Crippen molar-refractivity contribution in [2.45, 2.75) is 38.6 Å². The highest BCUT2D eigenvalue weighted by Crippen LogP contribution is 2.38. The highest BCUT2D eigenvalue weighted by molar-refractivity contribution is 5.85. The fraction of sp³-hybridized carbons (Fsp3) is 0.727. The number of rotatable bonds is 5. The summed E-state index contributed by atoms with van der Waals surface area (Å²) >= 11 is 0. The Morgan fingerprint density at radius 2 is 2.22 bits per heavy atom. The number of nitrogens with zero attached hydrogens (tertiary/aromatic N) is 2. The average Bonchev–Trinajstić information content (AvgIpc) is 3.04. The number of hydrogen-bond acceptors (Lipinski definition) is 5. The summed E-state index contributed by atoms with van der Waals surface area (Å²) in [6, 6.07) is -0.258. The molecule has 18 heavy (non-hydrogen) atoms. The molecule has 1 saturated carbocycles. The van der Waals surface area contributed by atoms with Gasteiger partial charge in [-0.05, 0) is 18.8 Å². The predicted molar refractivity (Wildman–Crippen MR) is 68.3 cm³/mol. The van der Waals surface area contributed by atoms with Crippen LogP contribution in [0.4, 0.5) is 0 Å². The van der Waals surface area contributed by atoms with Crippen LogP contribution < -0.4 is 11.1 Å². The van der Waals surface area contributed by atoms with Crippen molar-refractivity contribution in [3.63, 3.8) is 0 Å². The van der Waals surface area contributed by atoms with Gasteiger partial charge in [-0.3, -0.25) is 4.79 Å². The number of carbonyl (C=O) groups is 1. The van der Waals surface area contributed by atoms with Crippen LogP contribution in [0.2, 0.25) is 0 Å². The van der Waals surface area contributed by atoms with Gasteiger partial charge in [-0.25, -0.2) is 0 Å². The number of carbonyl (C=O) groups excluding carboxylic acids is 1. The van der Waals surface area contributed by atoms with Gasteiger partial charge in [0.05, 0.1) is 6.54 Å². The molecule has 1 atom stereocenters. The molecular formula is C11H19ClN4O2. The number of nitrogens with two attached hydrogens (primary N) is 1. The Kier molecular flexibility index (Phi) is 5.10. The maximum absolute atomic E-state index is 11.3. The highest BCUT2D eigenvalue weighted by atomic mass is 35.5. The van der Waals surface area contributed by atoms with Gasteiger partial charge in [-0.2, -0.15) is 4.98 Å². The second-order valence-electron chi connectivity index (χ2n) is 4.76. The third kappa shape index (κ3) is 3.43. The Morgan fingerprint density at radius 1 is 1.56 bits per heavy atom. The molecule has 1 aromatic rings. The summed E-state index contributed by atoms with van der Waals surface area (Å²) in [5.74, 6) is 1.65. The summed E-state index contributed by atoms with van der Waals surface area (Å²) in [5.41, 5.74) is 5.28. The van der Waals surface area contributed by atoms with Gasteiger partial charge in [0.1, 0.15) is 6.04 Å². The van der Waals surface area contributed by atoms with Crippen LogP contribution in [0.1, 0.15) is 50.4 Å². The van der Waals surface area contributed by atoms with Crippen LogP contribution >= 0.6 is 12.4 Å². The molecule has 0 aliphatic heterocycles. The van der Waals surface area contributed by atoms with E-state index in [0.29, 0.717) is 11.8 Å². The van der Waals surface area contributed by atoms with Crippen molar-refractivity contribution in [2.24, 2.45) is 11.7 Å². The second-order valence-corrected chi connectivity index (χ2v) is 4.76. The van der Waals surface area contributed by atoms with Crippen molar-refractivity contribution in [1.82, 2.24) is 15.5 Å². The normalized spacial score (nSPS) is 16.2. The topological polar surface area (TPSA) is 94.0 Å². The molecule has 1 heterocycles. The maximum Gasteiger partial charge on any atom is 0.249 e. The third-order valence-electron chi connectivity index (χ3n) is 2.83. The smallest absolute Gasteiger partial charge is 0.249 e. The van der Waals surface area contributed by atoms with Gasteiger partial charge < -0.3 is 15.6 Å². The number of amides is 1. The van der Waals surface area contributed by atoms with Gasteiger partial charge in [0.25, 0.3) is 0 Å². The van der Waals surface area contributed by atoms with E-state index in [1.807, 2.05) is 13.8 Å². The van der Waals surface area contributed by atoms with E-state index in [1.165, 1.54) is 0 Å². The van der Waals surface area contributed by atoms with Gasteiger partial charge >= 0.3 is 0 Å². The van der Waals surface area contributed by atoms with E-state index in [9.17, 15) is 4.79 Å². The lowest BCUT2D eigenvalue weighted by molar-refractivity contribution is -0.121. The van der Waals surface area contributed by atoms with Crippen molar-refractivity contribution in [2.75, 3.05) is 6.54 Å². The first kappa shape index (κ1) is 14.9. The van der Waals surface area contributed by atoms with Gasteiger partial charge in [0.15, 0.2) is 5.82 Å². The first-order valence-corrected chi connectivity index (χ1v) is 5.94. The Labute approximate surface area is 112 Å². The molecule has 3 N–H and O–H groups in total. The van der Waals surface area contributed by atoms with Crippen LogP contribution in [0.5, 0.6) is 0 Å². The Morgan fingerprint density at radius 3 is 2.72 bits per heavy atom. The fourth-order valence-electron chi connectivity index (χ4n) is 1.63. The van der Waals surface area contributed by atoms with Crippen LogP contribution in [-0.2, 0) is 4.79 Å². The van der Waals surface area contributed by atoms with Crippen molar-refractivity contribution in [3.05, 3.63) is 11.7 Å². The van der Waals surface area contributed by atoms with Crippen molar-refractivity contribution in [3.8, 4) is 0 Å². The Hall–Kier alpha value is -1.14. The van der Waals surface area contributed by atoms with Crippen LogP contribution in [0, 0.1) is 5.92 Å². The predicted octanol–water partition coefficient (Wildman–Crippen LogP) is 1.14. The summed E-state index contributed by atoms with van der Waals surface area (Å²) in [6.07, 6.45) is 2.25. The van der Waals surface area contributed by atoms with Crippen molar-refractivity contribution >= 4 is 18.3 Å². The summed E-state index contributed by atoms with van der Waals surface area (Å²) in [4.78, 5) is 15.7. The average molecular weight is 275 g/mol. The summed E-state index contributed by atoms with van der Waals surface area (Å²) in [7, 11) is 0. The zero-order valence-corrected chi connectivity index (χ0v) is 11.4. The standard InChI is InChI=1S/C11H18N4O2.ClH/c1-6(2)9(13-8(16)5-12)11-14-10(15-17-11)7-3-4-7;/h6-7,9H,3-5,12H2,1-2H3,(H,13,16);1H. The molecule has 1 amide bonds. The van der Waals surface area contributed by atoms with E-state index in [-0.39, 0.29) is 36.8 Å². The molecule has 1 aromatic heterocycles. The molecule has 102 valence electrons. The molecule has 1 unspecified atom stereocenters. The highest BCUT2D eigenvalue weighted by Gasteiger charge is 2.31. The van der Waals surface area contributed by atoms with E-state index < -0.39 is 0 Å². The molecule has 0 saturated heterocycles. The van der Waals surface area contributed by atoms with Gasteiger partial charge in [-0.15, -0.1) is 12.4 Å². The lowest BCUT2D eigenvalue weighted by Gasteiger charge is -2.17. The molecule has 0 bridgehead atoms. The lowest BCUT2D eigenvalue weighted by atomic mass is 10.0. The molecule has 0 spiro atoms. The van der Waals surface area contributed by atoms with Crippen LogP contribution in [0.25, 0.3) is 0 Å². The number of hydrogen-bond donors (Lipinski definition) is 2. The molecule has 1 aliphatic carbocycles. The monoisotopic (exact) mass is 274 g/mol. The molecule has 7 heteroatoms. The third-order valence-corrected chi connectivity index (χ3v) is 2.83. The molecule has 2 rings (SSSR count). The number of aromatic nitrogens is 2. The summed E-state index contributed by atoms with van der Waals surface area (Å²) in [6.45, 7) is 3.94. The molecule has 0 radical (unpaired) electrons. The minimum Gasteiger partial charge on any atom is -0.343 e. The summed E-state index contributed by atoms with van der Waals surface area (Å²) < 4.78 is 5.22. The lowest BCUT2D eigenvalue weighted by Crippen LogP contribution is -2.36. The first-order valence-electron chi connectivity index (χ1n) is 5.94. The van der Waals surface area contributed by atoms with Crippen LogP contribution in [-0.4, -0.2) is 22.6 Å². The zero-order chi connectivity index (χ0) is 12.4. The van der Waals surface area contributed by atoms with E-state index in [1.54, 1.807) is 0 Å². The van der Waals surface area contributed by atoms with E-state index >= 15 is 0 Å².